The van der Waals surface area contributed by atoms with E-state index in [-0.39, 0.29) is 0 Å². The number of likely N-dealkylation sites (tertiary alicyclic amines) is 1. The average Bonchev–Trinajstić information content (AvgIpc) is 2.45. The van der Waals surface area contributed by atoms with Crippen LogP contribution in [0.1, 0.15) is 33.6 Å². The second-order valence-electron chi connectivity index (χ2n) is 5.10. The smallest absolute Gasteiger partial charge is 0.411 e. The largest absolute Gasteiger partial charge is 0.444 e. The Morgan fingerprint density at radius 2 is 1.94 bits per heavy atom. The lowest BCUT2D eigenvalue weighted by Gasteiger charge is -2.27. The van der Waals surface area contributed by atoms with Gasteiger partial charge < -0.3 is 4.74 Å². The third-order valence-corrected chi connectivity index (χ3v) is 3.80. The van der Waals surface area contributed by atoms with E-state index in [9.17, 15) is 13.2 Å². The topological polar surface area (TPSA) is 63.7 Å². The van der Waals surface area contributed by atoms with E-state index in [2.05, 4.69) is 0 Å². The molecular formula is C10H19NO4S. The summed E-state index contributed by atoms with van der Waals surface area (Å²) in [5.74, 6) is 0. The molecule has 6 heteroatoms. The Hall–Kier alpha value is -0.780. The highest BCUT2D eigenvalue weighted by Crippen LogP contribution is 2.23. The SMILES string of the molecule is CC(C)(C)OC(=O)N1CCCC1S(C)(=O)=O. The van der Waals surface area contributed by atoms with Crippen LogP contribution in [0, 0.1) is 0 Å². The standard InChI is InChI=1S/C10H19NO4S/c1-10(2,3)15-9(12)11-7-5-6-8(11)16(4,13)14/h8H,5-7H2,1-4H3. The molecule has 1 saturated heterocycles. The van der Waals surface area contributed by atoms with Gasteiger partial charge in [0, 0.05) is 12.8 Å². The van der Waals surface area contributed by atoms with Crippen LogP contribution in [0.25, 0.3) is 0 Å². The van der Waals surface area contributed by atoms with Crippen LogP contribution in [-0.4, -0.2) is 43.2 Å². The number of nitrogens with zero attached hydrogens (tertiary/aromatic N) is 1. The van der Waals surface area contributed by atoms with Crippen molar-refractivity contribution in [1.82, 2.24) is 4.90 Å². The first-order chi connectivity index (χ1) is 7.11. The first kappa shape index (κ1) is 13.3. The molecule has 1 heterocycles. The third kappa shape index (κ3) is 3.37. The van der Waals surface area contributed by atoms with Crippen LogP contribution in [0.4, 0.5) is 4.79 Å². The van der Waals surface area contributed by atoms with E-state index < -0.39 is 26.9 Å². The van der Waals surface area contributed by atoms with Crippen LogP contribution in [0.15, 0.2) is 0 Å². The zero-order chi connectivity index (χ0) is 12.6. The fourth-order valence-corrected chi connectivity index (χ4v) is 2.96. The van der Waals surface area contributed by atoms with Gasteiger partial charge in [0.25, 0.3) is 0 Å². The van der Waals surface area contributed by atoms with Gasteiger partial charge in [0.2, 0.25) is 0 Å². The van der Waals surface area contributed by atoms with E-state index in [1.807, 2.05) is 0 Å². The van der Waals surface area contributed by atoms with Gasteiger partial charge in [-0.25, -0.2) is 13.2 Å². The summed E-state index contributed by atoms with van der Waals surface area (Å²) in [7, 11) is -3.23. The predicted molar refractivity (Wildman–Crippen MR) is 60.8 cm³/mol. The van der Waals surface area contributed by atoms with Gasteiger partial charge in [-0.3, -0.25) is 4.90 Å². The molecule has 0 bridgehead atoms. The summed E-state index contributed by atoms with van der Waals surface area (Å²) < 4.78 is 28.1. The predicted octanol–water partition coefficient (Wildman–Crippen LogP) is 1.39. The fraction of sp³-hybridized carbons (Fsp3) is 0.900. The summed E-state index contributed by atoms with van der Waals surface area (Å²) in [5, 5.41) is -0.720. The molecule has 1 fully saturated rings. The number of sulfone groups is 1. The maximum atomic E-state index is 11.8. The molecule has 5 nitrogen and oxygen atoms in total. The molecule has 94 valence electrons. The molecule has 1 amide bonds. The van der Waals surface area contributed by atoms with E-state index >= 15 is 0 Å². The number of ether oxygens (including phenoxy) is 1. The number of carbonyl (C=O) groups is 1. The van der Waals surface area contributed by atoms with Gasteiger partial charge in [-0.05, 0) is 33.6 Å². The van der Waals surface area contributed by atoms with Gasteiger partial charge in [0.05, 0.1) is 0 Å². The van der Waals surface area contributed by atoms with E-state index in [4.69, 9.17) is 4.74 Å². The normalized spacial score (nSPS) is 22.2. The zero-order valence-electron chi connectivity index (χ0n) is 10.2. The molecule has 0 radical (unpaired) electrons. The van der Waals surface area contributed by atoms with Gasteiger partial charge in [-0.2, -0.15) is 0 Å². The molecule has 0 saturated carbocycles. The van der Waals surface area contributed by atoms with Gasteiger partial charge >= 0.3 is 6.09 Å². The van der Waals surface area contributed by atoms with Crippen LogP contribution in [0.5, 0.6) is 0 Å². The van der Waals surface area contributed by atoms with E-state index in [1.54, 1.807) is 20.8 Å². The molecule has 0 aromatic rings. The first-order valence-electron chi connectivity index (χ1n) is 5.30. The molecule has 0 N–H and O–H groups in total. The van der Waals surface area contributed by atoms with Gasteiger partial charge in [-0.1, -0.05) is 0 Å². The van der Waals surface area contributed by atoms with Gasteiger partial charge in [-0.15, -0.1) is 0 Å². The quantitative estimate of drug-likeness (QED) is 0.704. The summed E-state index contributed by atoms with van der Waals surface area (Å²) >= 11 is 0. The van der Waals surface area contributed by atoms with Crippen molar-refractivity contribution in [2.75, 3.05) is 12.8 Å². The van der Waals surface area contributed by atoms with Crippen molar-refractivity contribution in [3.05, 3.63) is 0 Å². The van der Waals surface area contributed by atoms with Crippen LogP contribution in [0.3, 0.4) is 0 Å². The van der Waals surface area contributed by atoms with Crippen LogP contribution in [0.2, 0.25) is 0 Å². The molecular weight excluding hydrogens is 230 g/mol. The Labute approximate surface area is 96.7 Å². The van der Waals surface area contributed by atoms with Crippen molar-refractivity contribution >= 4 is 15.9 Å². The zero-order valence-corrected chi connectivity index (χ0v) is 11.0. The number of hydrogen-bond acceptors (Lipinski definition) is 4. The lowest BCUT2D eigenvalue weighted by Crippen LogP contribution is -2.42. The minimum Gasteiger partial charge on any atom is -0.444 e. The molecule has 1 aliphatic heterocycles. The molecule has 0 aromatic carbocycles. The van der Waals surface area contributed by atoms with Crippen molar-refractivity contribution in [2.45, 2.75) is 44.6 Å². The number of amides is 1. The third-order valence-electron chi connectivity index (χ3n) is 2.32. The second-order valence-corrected chi connectivity index (χ2v) is 7.30. The Kier molecular flexibility index (Phi) is 3.52. The van der Waals surface area contributed by atoms with Crippen LogP contribution in [-0.2, 0) is 14.6 Å². The lowest BCUT2D eigenvalue weighted by atomic mass is 10.2. The van der Waals surface area contributed by atoms with Crippen molar-refractivity contribution in [3.63, 3.8) is 0 Å². The van der Waals surface area contributed by atoms with E-state index in [0.717, 1.165) is 6.26 Å². The Morgan fingerprint density at radius 1 is 1.38 bits per heavy atom. The summed E-state index contributed by atoms with van der Waals surface area (Å²) in [5.41, 5.74) is -0.596. The van der Waals surface area contributed by atoms with Crippen molar-refractivity contribution in [3.8, 4) is 0 Å². The fourth-order valence-electron chi connectivity index (χ4n) is 1.71. The molecule has 1 rings (SSSR count). The maximum absolute atomic E-state index is 11.8. The van der Waals surface area contributed by atoms with Gasteiger partial charge in [0.15, 0.2) is 9.84 Å². The first-order valence-corrected chi connectivity index (χ1v) is 7.25. The minimum absolute atomic E-state index is 0.451. The van der Waals surface area contributed by atoms with Gasteiger partial charge in [0.1, 0.15) is 11.0 Å². The molecule has 16 heavy (non-hydrogen) atoms. The van der Waals surface area contributed by atoms with Crippen LogP contribution < -0.4 is 0 Å². The Morgan fingerprint density at radius 3 is 2.38 bits per heavy atom. The monoisotopic (exact) mass is 249 g/mol. The summed E-state index contributed by atoms with van der Waals surface area (Å²) in [4.78, 5) is 13.1. The summed E-state index contributed by atoms with van der Waals surface area (Å²) in [6.07, 6.45) is 1.82. The van der Waals surface area contributed by atoms with E-state index in [0.29, 0.717) is 19.4 Å². The Bertz CT molecular complexity index is 369. The number of hydrogen-bond donors (Lipinski definition) is 0. The summed E-state index contributed by atoms with van der Waals surface area (Å²) in [6, 6.07) is 0. The second kappa shape index (κ2) is 4.24. The minimum atomic E-state index is -3.23. The lowest BCUT2D eigenvalue weighted by molar-refractivity contribution is 0.0272. The number of rotatable bonds is 1. The molecule has 0 aromatic heterocycles. The Balaban J connectivity index is 2.77. The molecule has 1 aliphatic rings. The van der Waals surface area contributed by atoms with Crippen molar-refractivity contribution in [2.24, 2.45) is 0 Å². The van der Waals surface area contributed by atoms with Crippen LogP contribution >= 0.6 is 0 Å². The summed E-state index contributed by atoms with van der Waals surface area (Å²) in [6.45, 7) is 5.73. The highest BCUT2D eigenvalue weighted by molar-refractivity contribution is 7.91. The molecule has 0 aliphatic carbocycles. The maximum Gasteiger partial charge on any atom is 0.411 e. The van der Waals surface area contributed by atoms with Crippen molar-refractivity contribution < 1.29 is 17.9 Å². The average molecular weight is 249 g/mol. The van der Waals surface area contributed by atoms with E-state index in [1.165, 1.54) is 4.90 Å². The molecule has 1 atom stereocenters. The highest BCUT2D eigenvalue weighted by Gasteiger charge is 2.37. The number of carbonyl (C=O) groups excluding carboxylic acids is 1. The highest BCUT2D eigenvalue weighted by atomic mass is 32.2. The van der Waals surface area contributed by atoms with Crippen molar-refractivity contribution in [1.29, 1.82) is 0 Å². The molecule has 0 spiro atoms. The molecule has 1 unspecified atom stereocenters.